The molecule has 0 saturated heterocycles. The smallest absolute Gasteiger partial charge is 0.259 e. The van der Waals surface area contributed by atoms with Gasteiger partial charge in [-0.2, -0.15) is 0 Å². The Labute approximate surface area is 231 Å². The highest BCUT2D eigenvalue weighted by atomic mass is 35.5. The summed E-state index contributed by atoms with van der Waals surface area (Å²) in [5.74, 6) is -0.508. The number of anilines is 3. The van der Waals surface area contributed by atoms with Crippen molar-refractivity contribution in [2.75, 3.05) is 17.1 Å². The van der Waals surface area contributed by atoms with E-state index < -0.39 is 17.3 Å². The van der Waals surface area contributed by atoms with Gasteiger partial charge in [0.15, 0.2) is 5.75 Å². The second-order valence-corrected chi connectivity index (χ2v) is 9.78. The number of hydrogen-bond donors (Lipinski definition) is 4. The summed E-state index contributed by atoms with van der Waals surface area (Å²) < 4.78 is 28.1. The van der Waals surface area contributed by atoms with Crippen molar-refractivity contribution in [1.82, 2.24) is 14.6 Å². The molecule has 0 aliphatic heterocycles. The monoisotopic (exact) mass is 561 g/mol. The van der Waals surface area contributed by atoms with Crippen LogP contribution in [0.4, 0.5) is 21.6 Å². The average Bonchev–Trinajstić information content (AvgIpc) is 3.72. The Bertz CT molecular complexity index is 1380. The Balaban J connectivity index is 0.00000195. The summed E-state index contributed by atoms with van der Waals surface area (Å²) >= 11 is 7.74. The number of benzene rings is 2. The third kappa shape index (κ3) is 6.80. The SMILES string of the molecule is CC.CNSNc1ccc(Oc2c(C(=O)NC3CC3)c(Nc3ccc(C)cc3F)n(C)c(=O)c2C)c(Cl)c1. The molecule has 11 heteroatoms. The zero-order valence-corrected chi connectivity index (χ0v) is 23.9. The molecule has 0 spiro atoms. The fraction of sp³-hybridized carbons (Fsp3) is 0.333. The van der Waals surface area contributed by atoms with Crippen LogP contribution in [-0.4, -0.2) is 23.6 Å². The van der Waals surface area contributed by atoms with E-state index in [1.165, 1.54) is 29.8 Å². The molecule has 0 atom stereocenters. The number of ether oxygens (including phenoxy) is 1. The minimum Gasteiger partial charge on any atom is -0.454 e. The fourth-order valence-corrected chi connectivity index (χ4v) is 4.16. The molecule has 1 heterocycles. The van der Waals surface area contributed by atoms with E-state index in [4.69, 9.17) is 16.3 Å². The first-order valence-electron chi connectivity index (χ1n) is 12.3. The van der Waals surface area contributed by atoms with Gasteiger partial charge in [0.1, 0.15) is 22.9 Å². The van der Waals surface area contributed by atoms with Crippen molar-refractivity contribution in [1.29, 1.82) is 0 Å². The predicted molar refractivity (Wildman–Crippen MR) is 154 cm³/mol. The maximum Gasteiger partial charge on any atom is 0.259 e. The molecule has 0 radical (unpaired) electrons. The molecule has 4 rings (SSSR count). The molecule has 8 nitrogen and oxygen atoms in total. The first-order valence-corrected chi connectivity index (χ1v) is 13.5. The summed E-state index contributed by atoms with van der Waals surface area (Å²) in [7, 11) is 3.30. The highest BCUT2D eigenvalue weighted by Crippen LogP contribution is 2.38. The van der Waals surface area contributed by atoms with E-state index in [9.17, 15) is 14.0 Å². The van der Waals surface area contributed by atoms with E-state index in [1.807, 2.05) is 13.8 Å². The van der Waals surface area contributed by atoms with Gasteiger partial charge in [-0.3, -0.25) is 14.2 Å². The van der Waals surface area contributed by atoms with Crippen molar-refractivity contribution in [2.45, 2.75) is 46.6 Å². The number of halogens is 2. The van der Waals surface area contributed by atoms with Gasteiger partial charge in [-0.05, 0) is 69.6 Å². The van der Waals surface area contributed by atoms with Crippen LogP contribution < -0.4 is 30.4 Å². The Morgan fingerprint density at radius 2 is 1.87 bits per heavy atom. The first kappa shape index (κ1) is 29.3. The normalized spacial score (nSPS) is 12.3. The van der Waals surface area contributed by atoms with Crippen LogP contribution in [0.1, 0.15) is 48.2 Å². The summed E-state index contributed by atoms with van der Waals surface area (Å²) in [6.45, 7) is 7.35. The Morgan fingerprint density at radius 1 is 1.16 bits per heavy atom. The number of amides is 1. The minimum atomic E-state index is -0.510. The molecule has 1 amide bonds. The largest absolute Gasteiger partial charge is 0.454 e. The molecule has 0 unspecified atom stereocenters. The molecule has 204 valence electrons. The van der Waals surface area contributed by atoms with Gasteiger partial charge in [0.05, 0.1) is 16.3 Å². The Morgan fingerprint density at radius 3 is 2.47 bits per heavy atom. The standard InChI is InChI=1S/C25H27ClFN5O3S.C2H6/c1-13-5-9-19(18(27)11-13)30-23-21(24(33)29-15-6-7-15)22(14(2)25(34)32(23)4)35-20-10-8-16(12-17(20)26)31-36-28-3;1-2/h5,8-12,15,28,30-31H,6-7H2,1-4H3,(H,29,33);1-2H3. The molecule has 1 aliphatic carbocycles. The van der Waals surface area contributed by atoms with Gasteiger partial charge < -0.3 is 20.1 Å². The van der Waals surface area contributed by atoms with Crippen molar-refractivity contribution in [3.63, 3.8) is 0 Å². The van der Waals surface area contributed by atoms with Gasteiger partial charge in [0.2, 0.25) is 0 Å². The van der Waals surface area contributed by atoms with E-state index in [0.29, 0.717) is 0 Å². The lowest BCUT2D eigenvalue weighted by atomic mass is 10.1. The maximum atomic E-state index is 14.7. The van der Waals surface area contributed by atoms with Crippen LogP contribution in [0.25, 0.3) is 0 Å². The molecule has 1 aromatic heterocycles. The van der Waals surface area contributed by atoms with E-state index in [0.717, 1.165) is 24.1 Å². The average molecular weight is 562 g/mol. The van der Waals surface area contributed by atoms with Gasteiger partial charge in [0.25, 0.3) is 11.5 Å². The molecule has 1 fully saturated rings. The van der Waals surface area contributed by atoms with Crippen molar-refractivity contribution in [3.05, 3.63) is 74.3 Å². The highest BCUT2D eigenvalue weighted by Gasteiger charge is 2.31. The molecule has 0 bridgehead atoms. The molecule has 2 aromatic carbocycles. The highest BCUT2D eigenvalue weighted by molar-refractivity contribution is 7.98. The molecular formula is C27H33ClFN5O3S. The number of aromatic nitrogens is 1. The number of carbonyl (C=O) groups is 1. The van der Waals surface area contributed by atoms with E-state index in [-0.39, 0.29) is 45.2 Å². The van der Waals surface area contributed by atoms with Crippen LogP contribution in [0.5, 0.6) is 11.5 Å². The zero-order valence-electron chi connectivity index (χ0n) is 22.3. The summed E-state index contributed by atoms with van der Waals surface area (Å²) in [6.07, 6.45) is 1.74. The van der Waals surface area contributed by atoms with Gasteiger partial charge in [-0.1, -0.05) is 31.5 Å². The number of nitrogens with zero attached hydrogens (tertiary/aromatic N) is 1. The van der Waals surface area contributed by atoms with Crippen LogP contribution in [0.15, 0.2) is 41.2 Å². The van der Waals surface area contributed by atoms with Crippen LogP contribution >= 0.6 is 23.7 Å². The number of rotatable bonds is 9. The number of hydrogen-bond acceptors (Lipinski definition) is 7. The molecule has 38 heavy (non-hydrogen) atoms. The van der Waals surface area contributed by atoms with E-state index in [2.05, 4.69) is 20.1 Å². The third-order valence-corrected chi connectivity index (χ3v) is 6.53. The lowest BCUT2D eigenvalue weighted by molar-refractivity contribution is 0.0948. The molecule has 1 saturated carbocycles. The lowest BCUT2D eigenvalue weighted by Crippen LogP contribution is -2.31. The number of aryl methyl sites for hydroxylation is 1. The van der Waals surface area contributed by atoms with Gasteiger partial charge in [0, 0.05) is 30.9 Å². The van der Waals surface area contributed by atoms with Crippen LogP contribution in [0, 0.1) is 19.7 Å². The molecule has 4 N–H and O–H groups in total. The first-order chi connectivity index (χ1) is 18.2. The summed E-state index contributed by atoms with van der Waals surface area (Å²) in [6, 6.07) is 9.79. The van der Waals surface area contributed by atoms with Crippen molar-refractivity contribution >= 4 is 46.8 Å². The Kier molecular flexibility index (Phi) is 10.1. The second kappa shape index (κ2) is 13.0. The van der Waals surface area contributed by atoms with Crippen molar-refractivity contribution < 1.29 is 13.9 Å². The van der Waals surface area contributed by atoms with Crippen molar-refractivity contribution in [3.8, 4) is 11.5 Å². The fourth-order valence-electron chi connectivity index (χ4n) is 3.60. The number of pyridine rings is 1. The van der Waals surface area contributed by atoms with Crippen LogP contribution in [0.2, 0.25) is 5.02 Å². The molecule has 1 aliphatic rings. The molecule has 3 aromatic rings. The van der Waals surface area contributed by atoms with E-state index >= 15 is 0 Å². The van der Waals surface area contributed by atoms with Crippen LogP contribution in [0.3, 0.4) is 0 Å². The third-order valence-electron chi connectivity index (χ3n) is 5.70. The predicted octanol–water partition coefficient (Wildman–Crippen LogP) is 6.44. The Hall–Kier alpha value is -3.21. The van der Waals surface area contributed by atoms with Gasteiger partial charge in [-0.15, -0.1) is 0 Å². The summed E-state index contributed by atoms with van der Waals surface area (Å²) in [4.78, 5) is 26.6. The quantitative estimate of drug-likeness (QED) is 0.223. The number of carbonyl (C=O) groups excluding carboxylic acids is 1. The minimum absolute atomic E-state index is 0.0467. The maximum absolute atomic E-state index is 14.7. The van der Waals surface area contributed by atoms with Gasteiger partial charge >= 0.3 is 0 Å². The molecular weight excluding hydrogens is 529 g/mol. The second-order valence-electron chi connectivity index (χ2n) is 8.55. The van der Waals surface area contributed by atoms with E-state index in [1.54, 1.807) is 51.2 Å². The number of nitrogens with one attached hydrogen (secondary N) is 4. The van der Waals surface area contributed by atoms with Gasteiger partial charge in [-0.25, -0.2) is 9.11 Å². The zero-order chi connectivity index (χ0) is 28.0. The lowest BCUT2D eigenvalue weighted by Gasteiger charge is -2.21. The summed E-state index contributed by atoms with van der Waals surface area (Å²) in [5, 5.41) is 6.17. The van der Waals surface area contributed by atoms with Crippen molar-refractivity contribution in [2.24, 2.45) is 7.05 Å². The summed E-state index contributed by atoms with van der Waals surface area (Å²) in [5.41, 5.74) is 1.51. The van der Waals surface area contributed by atoms with Crippen LogP contribution in [-0.2, 0) is 7.05 Å². The topological polar surface area (TPSA) is 96.4 Å².